The van der Waals surface area contributed by atoms with Gasteiger partial charge >= 0.3 is 0 Å². The van der Waals surface area contributed by atoms with Gasteiger partial charge in [0.05, 0.1) is 23.5 Å². The lowest BCUT2D eigenvalue weighted by atomic mass is 10.0. The molecular weight excluding hydrogens is 356 g/mol. The van der Waals surface area contributed by atoms with Crippen molar-refractivity contribution in [2.75, 3.05) is 6.54 Å². The summed E-state index contributed by atoms with van der Waals surface area (Å²) < 4.78 is 1.84. The van der Waals surface area contributed by atoms with E-state index in [0.717, 1.165) is 11.4 Å². The summed E-state index contributed by atoms with van der Waals surface area (Å²) in [5.74, 6) is 0.353. The van der Waals surface area contributed by atoms with E-state index in [1.165, 1.54) is 0 Å². The standard InChI is InChI=1S/C20H22N6O2/c1-4-26-13(3)17(12(2)24-26)20(28)25-10-8-14-16(11-25)22-18(23-19(14)27)15-7-5-6-9-21-15/h5-7,9H,4,8,10-11H2,1-3H3,(H,22,23,27). The Hall–Kier alpha value is -3.29. The van der Waals surface area contributed by atoms with Crippen LogP contribution in [0, 0.1) is 13.8 Å². The molecule has 1 N–H and O–H groups in total. The van der Waals surface area contributed by atoms with E-state index in [1.807, 2.05) is 37.6 Å². The van der Waals surface area contributed by atoms with Crippen molar-refractivity contribution in [2.45, 2.75) is 40.3 Å². The first-order valence-electron chi connectivity index (χ1n) is 9.36. The number of rotatable bonds is 3. The Bertz CT molecular complexity index is 1100. The fraction of sp³-hybridized carbons (Fsp3) is 0.350. The predicted octanol–water partition coefficient (Wildman–Crippen LogP) is 1.86. The highest BCUT2D eigenvalue weighted by atomic mass is 16.2. The lowest BCUT2D eigenvalue weighted by Crippen LogP contribution is -2.39. The fourth-order valence-electron chi connectivity index (χ4n) is 3.71. The van der Waals surface area contributed by atoms with Gasteiger partial charge in [-0.25, -0.2) is 4.98 Å². The lowest BCUT2D eigenvalue weighted by Gasteiger charge is -2.28. The minimum absolute atomic E-state index is 0.0678. The highest BCUT2D eigenvalue weighted by molar-refractivity contribution is 5.96. The average Bonchev–Trinajstić information content (AvgIpc) is 3.01. The van der Waals surface area contributed by atoms with E-state index < -0.39 is 0 Å². The number of nitrogens with zero attached hydrogens (tertiary/aromatic N) is 5. The molecule has 8 nitrogen and oxygen atoms in total. The molecule has 3 aromatic rings. The molecule has 0 aliphatic carbocycles. The summed E-state index contributed by atoms with van der Waals surface area (Å²) in [4.78, 5) is 39.1. The summed E-state index contributed by atoms with van der Waals surface area (Å²) in [6, 6.07) is 5.44. The van der Waals surface area contributed by atoms with Crippen LogP contribution in [-0.2, 0) is 19.5 Å². The van der Waals surface area contributed by atoms with E-state index >= 15 is 0 Å². The molecule has 3 aromatic heterocycles. The zero-order valence-electron chi connectivity index (χ0n) is 16.2. The van der Waals surface area contributed by atoms with Gasteiger partial charge in [0.1, 0.15) is 5.69 Å². The molecule has 0 unspecified atom stereocenters. The Morgan fingerprint density at radius 2 is 2.11 bits per heavy atom. The smallest absolute Gasteiger partial charge is 0.257 e. The second-order valence-electron chi connectivity index (χ2n) is 6.89. The topological polar surface area (TPSA) is 96.8 Å². The van der Waals surface area contributed by atoms with Crippen molar-refractivity contribution in [1.29, 1.82) is 0 Å². The number of H-pyrrole nitrogens is 1. The molecule has 1 aliphatic rings. The van der Waals surface area contributed by atoms with Crippen molar-refractivity contribution in [3.05, 3.63) is 63.0 Å². The molecule has 0 radical (unpaired) electrons. The first-order valence-corrected chi connectivity index (χ1v) is 9.36. The quantitative estimate of drug-likeness (QED) is 0.750. The van der Waals surface area contributed by atoms with Gasteiger partial charge in [0, 0.05) is 30.5 Å². The van der Waals surface area contributed by atoms with Crippen molar-refractivity contribution >= 4 is 5.91 Å². The minimum atomic E-state index is -0.163. The molecule has 0 atom stereocenters. The zero-order valence-corrected chi connectivity index (χ0v) is 16.2. The van der Waals surface area contributed by atoms with Crippen LogP contribution in [0.1, 0.15) is 39.9 Å². The van der Waals surface area contributed by atoms with Crippen LogP contribution >= 0.6 is 0 Å². The molecule has 28 heavy (non-hydrogen) atoms. The molecule has 1 aliphatic heterocycles. The Morgan fingerprint density at radius 1 is 1.29 bits per heavy atom. The van der Waals surface area contributed by atoms with Crippen molar-refractivity contribution < 1.29 is 4.79 Å². The van der Waals surface area contributed by atoms with Crippen molar-refractivity contribution in [3.63, 3.8) is 0 Å². The van der Waals surface area contributed by atoms with Gasteiger partial charge in [-0.3, -0.25) is 19.3 Å². The second kappa shape index (κ2) is 7.03. The highest BCUT2D eigenvalue weighted by Gasteiger charge is 2.28. The zero-order chi connectivity index (χ0) is 19.8. The third-order valence-electron chi connectivity index (χ3n) is 5.16. The first kappa shape index (κ1) is 18.1. The van der Waals surface area contributed by atoms with Crippen LogP contribution < -0.4 is 5.56 Å². The number of fused-ring (bicyclic) bond motifs is 1. The highest BCUT2D eigenvalue weighted by Crippen LogP contribution is 2.22. The van der Waals surface area contributed by atoms with Gasteiger partial charge in [0.25, 0.3) is 11.5 Å². The van der Waals surface area contributed by atoms with E-state index in [2.05, 4.69) is 20.1 Å². The molecule has 0 aromatic carbocycles. The van der Waals surface area contributed by atoms with Crippen LogP contribution in [0.5, 0.6) is 0 Å². The third kappa shape index (κ3) is 3.00. The molecule has 0 fully saturated rings. The number of aromatic nitrogens is 5. The number of hydrogen-bond donors (Lipinski definition) is 1. The van der Waals surface area contributed by atoms with Gasteiger partial charge in [0.15, 0.2) is 5.82 Å². The molecule has 0 bridgehead atoms. The van der Waals surface area contributed by atoms with E-state index in [9.17, 15) is 9.59 Å². The molecule has 0 spiro atoms. The average molecular weight is 378 g/mol. The molecule has 0 saturated heterocycles. The van der Waals surface area contributed by atoms with E-state index in [4.69, 9.17) is 0 Å². The van der Waals surface area contributed by atoms with Gasteiger partial charge in [-0.05, 0) is 39.3 Å². The predicted molar refractivity (Wildman–Crippen MR) is 104 cm³/mol. The number of aryl methyl sites for hydroxylation is 2. The van der Waals surface area contributed by atoms with Crippen LogP contribution in [0.15, 0.2) is 29.2 Å². The van der Waals surface area contributed by atoms with Crippen molar-refractivity contribution in [2.24, 2.45) is 0 Å². The Labute approximate surface area is 162 Å². The normalized spacial score (nSPS) is 13.5. The summed E-state index contributed by atoms with van der Waals surface area (Å²) in [5.41, 5.74) is 3.93. The van der Waals surface area contributed by atoms with Crippen molar-refractivity contribution in [3.8, 4) is 11.5 Å². The van der Waals surface area contributed by atoms with Gasteiger partial charge in [-0.2, -0.15) is 5.10 Å². The summed E-state index contributed by atoms with van der Waals surface area (Å²) >= 11 is 0. The first-order chi connectivity index (χ1) is 13.5. The Kier molecular flexibility index (Phi) is 4.54. The lowest BCUT2D eigenvalue weighted by molar-refractivity contribution is 0.0729. The van der Waals surface area contributed by atoms with Crippen LogP contribution in [0.2, 0.25) is 0 Å². The fourth-order valence-corrected chi connectivity index (χ4v) is 3.71. The monoisotopic (exact) mass is 378 g/mol. The molecule has 4 rings (SSSR count). The molecule has 4 heterocycles. The summed E-state index contributed by atoms with van der Waals surface area (Å²) in [5, 5.41) is 4.45. The summed E-state index contributed by atoms with van der Waals surface area (Å²) in [6.45, 7) is 7.26. The summed E-state index contributed by atoms with van der Waals surface area (Å²) in [6.07, 6.45) is 2.13. The third-order valence-corrected chi connectivity index (χ3v) is 5.16. The van der Waals surface area contributed by atoms with E-state index in [0.29, 0.717) is 54.4 Å². The molecular formula is C20H22N6O2. The number of pyridine rings is 1. The maximum atomic E-state index is 13.2. The Morgan fingerprint density at radius 3 is 2.79 bits per heavy atom. The maximum Gasteiger partial charge on any atom is 0.257 e. The molecule has 1 amide bonds. The van der Waals surface area contributed by atoms with Crippen LogP contribution in [-0.4, -0.2) is 42.1 Å². The van der Waals surface area contributed by atoms with Crippen LogP contribution in [0.4, 0.5) is 0 Å². The Balaban J connectivity index is 1.68. The molecule has 0 saturated carbocycles. The number of amides is 1. The largest absolute Gasteiger partial charge is 0.332 e. The van der Waals surface area contributed by atoms with Gasteiger partial charge in [-0.15, -0.1) is 0 Å². The van der Waals surface area contributed by atoms with Gasteiger partial charge in [0.2, 0.25) is 0 Å². The number of carbonyl (C=O) groups is 1. The van der Waals surface area contributed by atoms with Crippen LogP contribution in [0.3, 0.4) is 0 Å². The minimum Gasteiger partial charge on any atom is -0.332 e. The van der Waals surface area contributed by atoms with Crippen LogP contribution in [0.25, 0.3) is 11.5 Å². The number of carbonyl (C=O) groups excluding carboxylic acids is 1. The number of hydrogen-bond acceptors (Lipinski definition) is 5. The molecule has 8 heteroatoms. The second-order valence-corrected chi connectivity index (χ2v) is 6.89. The maximum absolute atomic E-state index is 13.2. The number of aromatic amines is 1. The van der Waals surface area contributed by atoms with Crippen molar-refractivity contribution in [1.82, 2.24) is 29.6 Å². The van der Waals surface area contributed by atoms with E-state index in [1.54, 1.807) is 17.2 Å². The SMILES string of the molecule is CCn1nc(C)c(C(=O)N2CCc3c(nc(-c4ccccn4)[nH]c3=O)C2)c1C. The molecule has 144 valence electrons. The van der Waals surface area contributed by atoms with Gasteiger partial charge < -0.3 is 9.88 Å². The summed E-state index contributed by atoms with van der Waals surface area (Å²) in [7, 11) is 0. The van der Waals surface area contributed by atoms with E-state index in [-0.39, 0.29) is 11.5 Å². The van der Waals surface area contributed by atoms with Gasteiger partial charge in [-0.1, -0.05) is 6.07 Å². The number of nitrogens with one attached hydrogen (secondary N) is 1.